The summed E-state index contributed by atoms with van der Waals surface area (Å²) in [5, 5.41) is 11.4. The molecule has 148 valence electrons. The van der Waals surface area contributed by atoms with Crippen LogP contribution in [0.2, 0.25) is 0 Å². The second-order valence-electron chi connectivity index (χ2n) is 7.29. The molecule has 2 aromatic rings. The van der Waals surface area contributed by atoms with E-state index in [1.807, 2.05) is 50.7 Å². The van der Waals surface area contributed by atoms with Crippen LogP contribution in [0.1, 0.15) is 60.4 Å². The maximum atomic E-state index is 12.3. The molecule has 1 aromatic heterocycles. The van der Waals surface area contributed by atoms with Gasteiger partial charge in [0.1, 0.15) is 0 Å². The first kappa shape index (κ1) is 19.8. The summed E-state index contributed by atoms with van der Waals surface area (Å²) >= 11 is 0. The molecule has 0 aliphatic carbocycles. The monoisotopic (exact) mass is 382 g/mol. The Balaban J connectivity index is 1.65. The van der Waals surface area contributed by atoms with E-state index in [9.17, 15) is 9.59 Å². The van der Waals surface area contributed by atoms with E-state index in [1.54, 1.807) is 12.1 Å². The lowest BCUT2D eigenvalue weighted by Gasteiger charge is -2.21. The Kier molecular flexibility index (Phi) is 5.63. The number of amides is 1. The number of carbonyl (C=O) groups excluding carboxylic acids is 2. The van der Waals surface area contributed by atoms with E-state index in [0.717, 1.165) is 22.7 Å². The van der Waals surface area contributed by atoms with Crippen LogP contribution >= 0.6 is 0 Å². The minimum atomic E-state index is -0.563. The van der Waals surface area contributed by atoms with Gasteiger partial charge in [-0.15, -0.1) is 0 Å². The molecule has 7 nitrogen and oxygen atoms in total. The maximum Gasteiger partial charge on any atom is 0.220 e. The van der Waals surface area contributed by atoms with Crippen molar-refractivity contribution in [2.75, 3.05) is 6.54 Å². The molecular formula is C21H26N4O3. The van der Waals surface area contributed by atoms with Crippen LogP contribution < -0.4 is 5.32 Å². The van der Waals surface area contributed by atoms with Gasteiger partial charge in [0.25, 0.3) is 0 Å². The average molecular weight is 382 g/mol. The van der Waals surface area contributed by atoms with Crippen molar-refractivity contribution < 1.29 is 14.4 Å². The number of nitrogens with zero attached hydrogens (tertiary/aromatic N) is 3. The second kappa shape index (κ2) is 7.96. The molecule has 0 radical (unpaired) electrons. The normalized spacial score (nSPS) is 18.5. The highest BCUT2D eigenvalue weighted by atomic mass is 16.7. The summed E-state index contributed by atoms with van der Waals surface area (Å²) in [6.45, 7) is 6.38. The van der Waals surface area contributed by atoms with Gasteiger partial charge in [0.15, 0.2) is 11.4 Å². The van der Waals surface area contributed by atoms with Gasteiger partial charge in [0, 0.05) is 38.4 Å². The van der Waals surface area contributed by atoms with E-state index < -0.39 is 5.60 Å². The van der Waals surface area contributed by atoms with Gasteiger partial charge in [0.2, 0.25) is 5.91 Å². The fraction of sp³-hybridized carbons (Fsp3) is 0.429. The summed E-state index contributed by atoms with van der Waals surface area (Å²) in [5.41, 5.74) is 3.70. The minimum absolute atomic E-state index is 0.0439. The Labute approximate surface area is 164 Å². The number of nitrogens with one attached hydrogen (secondary N) is 1. The van der Waals surface area contributed by atoms with Crippen molar-refractivity contribution in [3.05, 3.63) is 52.8 Å². The van der Waals surface area contributed by atoms with Crippen molar-refractivity contribution in [3.63, 3.8) is 0 Å². The first-order valence-electron chi connectivity index (χ1n) is 9.49. The number of carbonyl (C=O) groups is 2. The van der Waals surface area contributed by atoms with Crippen LogP contribution in [-0.4, -0.2) is 33.7 Å². The van der Waals surface area contributed by atoms with Crippen LogP contribution in [0.5, 0.6) is 0 Å². The Morgan fingerprint density at radius 3 is 2.57 bits per heavy atom. The number of aryl methyl sites for hydroxylation is 2. The SMILES string of the molecule is CCNC(=O)CCC(=O)c1ccc(C2=NOC(C)(c3cc(C)nn3C)C2)cc1. The molecule has 2 heterocycles. The summed E-state index contributed by atoms with van der Waals surface area (Å²) in [7, 11) is 1.90. The average Bonchev–Trinajstić information content (AvgIpc) is 3.23. The summed E-state index contributed by atoms with van der Waals surface area (Å²) in [5.74, 6) is -0.146. The zero-order valence-electron chi connectivity index (χ0n) is 16.8. The third kappa shape index (κ3) is 4.13. The van der Waals surface area contributed by atoms with Gasteiger partial charge in [-0.1, -0.05) is 29.4 Å². The third-order valence-corrected chi connectivity index (χ3v) is 4.90. The van der Waals surface area contributed by atoms with Crippen LogP contribution in [-0.2, 0) is 22.3 Å². The van der Waals surface area contributed by atoms with Crippen molar-refractivity contribution in [2.24, 2.45) is 12.2 Å². The summed E-state index contributed by atoms with van der Waals surface area (Å²) < 4.78 is 1.82. The molecule has 1 N–H and O–H groups in total. The summed E-state index contributed by atoms with van der Waals surface area (Å²) in [4.78, 5) is 29.5. The van der Waals surface area contributed by atoms with E-state index in [1.165, 1.54) is 0 Å². The number of hydrogen-bond acceptors (Lipinski definition) is 5. The molecule has 0 fully saturated rings. The Morgan fingerprint density at radius 1 is 1.25 bits per heavy atom. The van der Waals surface area contributed by atoms with Crippen molar-refractivity contribution in [1.82, 2.24) is 15.1 Å². The minimum Gasteiger partial charge on any atom is -0.382 e. The van der Waals surface area contributed by atoms with Gasteiger partial charge in [0.05, 0.1) is 17.1 Å². The molecule has 0 saturated heterocycles. The van der Waals surface area contributed by atoms with Crippen LogP contribution in [0.15, 0.2) is 35.5 Å². The highest BCUT2D eigenvalue weighted by molar-refractivity contribution is 6.03. The number of Topliss-reactive ketones (excluding diaryl/α,β-unsaturated/α-hetero) is 1. The molecular weight excluding hydrogens is 356 g/mol. The molecule has 1 aliphatic heterocycles. The largest absolute Gasteiger partial charge is 0.382 e. The Hall–Kier alpha value is -2.96. The molecule has 0 bridgehead atoms. The first-order chi connectivity index (χ1) is 13.3. The highest BCUT2D eigenvalue weighted by Crippen LogP contribution is 2.36. The standard InChI is InChI=1S/C21H26N4O3/c1-5-22-20(27)11-10-18(26)16-8-6-15(7-9-16)17-13-21(3,28-24-17)19-12-14(2)23-25(19)4/h6-9,12H,5,10-11,13H2,1-4H3,(H,22,27). The molecule has 28 heavy (non-hydrogen) atoms. The fourth-order valence-electron chi connectivity index (χ4n) is 3.44. The summed E-state index contributed by atoms with van der Waals surface area (Å²) in [6.07, 6.45) is 1.03. The summed E-state index contributed by atoms with van der Waals surface area (Å²) in [6, 6.07) is 9.32. The van der Waals surface area contributed by atoms with Crippen molar-refractivity contribution >= 4 is 17.4 Å². The molecule has 1 aliphatic rings. The molecule has 1 atom stereocenters. The van der Waals surface area contributed by atoms with Crippen LogP contribution in [0, 0.1) is 6.92 Å². The predicted octanol–water partition coefficient (Wildman–Crippen LogP) is 2.87. The van der Waals surface area contributed by atoms with E-state index in [-0.39, 0.29) is 24.5 Å². The molecule has 3 rings (SSSR count). The van der Waals surface area contributed by atoms with E-state index in [0.29, 0.717) is 18.5 Å². The number of aromatic nitrogens is 2. The fourth-order valence-corrected chi connectivity index (χ4v) is 3.44. The van der Waals surface area contributed by atoms with Gasteiger partial charge in [-0.05, 0) is 32.4 Å². The van der Waals surface area contributed by atoms with Crippen molar-refractivity contribution in [2.45, 2.75) is 45.6 Å². The lowest BCUT2D eigenvalue weighted by Crippen LogP contribution is -2.25. The number of oxime groups is 1. The smallest absolute Gasteiger partial charge is 0.220 e. The second-order valence-corrected chi connectivity index (χ2v) is 7.29. The van der Waals surface area contributed by atoms with Crippen LogP contribution in [0.3, 0.4) is 0 Å². The molecule has 0 saturated carbocycles. The zero-order chi connectivity index (χ0) is 20.3. The van der Waals surface area contributed by atoms with Crippen LogP contribution in [0.25, 0.3) is 0 Å². The predicted molar refractivity (Wildman–Crippen MR) is 106 cm³/mol. The lowest BCUT2D eigenvalue weighted by atomic mass is 9.92. The Morgan fingerprint density at radius 2 is 1.96 bits per heavy atom. The number of hydrogen-bond donors (Lipinski definition) is 1. The zero-order valence-corrected chi connectivity index (χ0v) is 16.8. The highest BCUT2D eigenvalue weighted by Gasteiger charge is 2.39. The third-order valence-electron chi connectivity index (χ3n) is 4.90. The van der Waals surface area contributed by atoms with Crippen molar-refractivity contribution in [1.29, 1.82) is 0 Å². The van der Waals surface area contributed by atoms with E-state index in [2.05, 4.69) is 15.6 Å². The number of rotatable bonds is 7. The Bertz CT molecular complexity index is 914. The van der Waals surface area contributed by atoms with Gasteiger partial charge in [-0.25, -0.2) is 0 Å². The van der Waals surface area contributed by atoms with Crippen LogP contribution in [0.4, 0.5) is 0 Å². The number of benzene rings is 1. The van der Waals surface area contributed by atoms with E-state index >= 15 is 0 Å². The van der Waals surface area contributed by atoms with Gasteiger partial charge in [-0.2, -0.15) is 5.10 Å². The van der Waals surface area contributed by atoms with E-state index in [4.69, 9.17) is 4.84 Å². The maximum absolute atomic E-state index is 12.3. The topological polar surface area (TPSA) is 85.6 Å². The quantitative estimate of drug-likeness (QED) is 0.746. The van der Waals surface area contributed by atoms with Gasteiger partial charge < -0.3 is 10.2 Å². The number of ketones is 1. The van der Waals surface area contributed by atoms with Gasteiger partial charge in [-0.3, -0.25) is 14.3 Å². The first-order valence-corrected chi connectivity index (χ1v) is 9.49. The molecule has 1 aromatic carbocycles. The lowest BCUT2D eigenvalue weighted by molar-refractivity contribution is -0.120. The van der Waals surface area contributed by atoms with Gasteiger partial charge >= 0.3 is 0 Å². The molecule has 0 spiro atoms. The molecule has 1 amide bonds. The molecule has 7 heteroatoms. The van der Waals surface area contributed by atoms with Crippen molar-refractivity contribution in [3.8, 4) is 0 Å². The molecule has 1 unspecified atom stereocenters.